The molecular formula is C19H15NO5. The molecule has 1 atom stereocenters. The average Bonchev–Trinajstić information content (AvgIpc) is 2.61. The Morgan fingerprint density at radius 2 is 1.72 bits per heavy atom. The van der Waals surface area contributed by atoms with E-state index in [2.05, 4.69) is 5.32 Å². The van der Waals surface area contributed by atoms with Gasteiger partial charge in [-0.15, -0.1) is 0 Å². The first-order valence-electron chi connectivity index (χ1n) is 7.64. The van der Waals surface area contributed by atoms with Crippen molar-refractivity contribution in [1.82, 2.24) is 0 Å². The second-order valence-electron chi connectivity index (χ2n) is 5.39. The van der Waals surface area contributed by atoms with Crippen LogP contribution < -0.4 is 10.9 Å². The fraction of sp³-hybridized carbons (Fsp3) is 0.105. The van der Waals surface area contributed by atoms with Crippen LogP contribution in [0, 0.1) is 0 Å². The van der Waals surface area contributed by atoms with E-state index in [0.717, 1.165) is 0 Å². The van der Waals surface area contributed by atoms with Crippen LogP contribution in [0.3, 0.4) is 0 Å². The molecule has 126 valence electrons. The van der Waals surface area contributed by atoms with Crippen molar-refractivity contribution in [1.29, 1.82) is 0 Å². The summed E-state index contributed by atoms with van der Waals surface area (Å²) in [6.07, 6.45) is -1.07. The van der Waals surface area contributed by atoms with Crippen LogP contribution in [0.1, 0.15) is 17.3 Å². The van der Waals surface area contributed by atoms with Crippen LogP contribution in [0.15, 0.2) is 69.9 Å². The SMILES string of the molecule is C[C@H](OC(=O)c1cc2ccccc2oc1=O)C(=O)Nc1ccccc1. The molecule has 0 bridgehead atoms. The summed E-state index contributed by atoms with van der Waals surface area (Å²) in [5.41, 5.74) is -0.100. The Labute approximate surface area is 143 Å². The van der Waals surface area contributed by atoms with Crippen molar-refractivity contribution in [3.8, 4) is 0 Å². The Morgan fingerprint density at radius 1 is 1.04 bits per heavy atom. The van der Waals surface area contributed by atoms with E-state index >= 15 is 0 Å². The summed E-state index contributed by atoms with van der Waals surface area (Å²) in [5, 5.41) is 3.22. The molecule has 1 amide bonds. The maximum atomic E-state index is 12.2. The third kappa shape index (κ3) is 3.74. The molecule has 1 aromatic heterocycles. The molecule has 1 heterocycles. The summed E-state index contributed by atoms with van der Waals surface area (Å²) in [7, 11) is 0. The van der Waals surface area contributed by atoms with Gasteiger partial charge >= 0.3 is 11.6 Å². The predicted octanol–water partition coefficient (Wildman–Crippen LogP) is 2.98. The van der Waals surface area contributed by atoms with Gasteiger partial charge in [-0.1, -0.05) is 36.4 Å². The van der Waals surface area contributed by atoms with Crippen LogP contribution in [0.2, 0.25) is 0 Å². The van der Waals surface area contributed by atoms with Crippen LogP contribution in [0.5, 0.6) is 0 Å². The zero-order valence-electron chi connectivity index (χ0n) is 13.4. The number of esters is 1. The molecule has 0 aliphatic rings. The number of hydrogen-bond acceptors (Lipinski definition) is 5. The molecule has 6 heteroatoms. The van der Waals surface area contributed by atoms with Crippen molar-refractivity contribution in [3.05, 3.63) is 76.6 Å². The van der Waals surface area contributed by atoms with E-state index in [1.807, 2.05) is 6.07 Å². The van der Waals surface area contributed by atoms with Crippen LogP contribution in [0.25, 0.3) is 11.0 Å². The molecule has 0 unspecified atom stereocenters. The molecule has 0 saturated heterocycles. The topological polar surface area (TPSA) is 85.6 Å². The van der Waals surface area contributed by atoms with E-state index < -0.39 is 23.6 Å². The highest BCUT2D eigenvalue weighted by Gasteiger charge is 2.22. The lowest BCUT2D eigenvalue weighted by atomic mass is 10.2. The standard InChI is InChI=1S/C19H15NO5/c1-12(17(21)20-14-8-3-2-4-9-14)24-18(22)15-11-13-7-5-6-10-16(13)25-19(15)23/h2-12H,1H3,(H,20,21)/t12-/m0/s1. The molecule has 0 aliphatic heterocycles. The number of amides is 1. The molecule has 0 fully saturated rings. The maximum absolute atomic E-state index is 12.2. The molecular weight excluding hydrogens is 322 g/mol. The number of para-hydroxylation sites is 2. The highest BCUT2D eigenvalue weighted by molar-refractivity contribution is 5.98. The number of ether oxygens (including phenoxy) is 1. The number of fused-ring (bicyclic) bond motifs is 1. The van der Waals surface area contributed by atoms with Crippen molar-refractivity contribution >= 4 is 28.5 Å². The fourth-order valence-corrected chi connectivity index (χ4v) is 2.25. The first kappa shape index (κ1) is 16.4. The lowest BCUT2D eigenvalue weighted by Crippen LogP contribution is -2.31. The molecule has 0 saturated carbocycles. The zero-order valence-corrected chi connectivity index (χ0v) is 13.4. The molecule has 0 spiro atoms. The molecule has 0 aliphatic carbocycles. The minimum atomic E-state index is -1.07. The third-order valence-electron chi connectivity index (χ3n) is 3.56. The van der Waals surface area contributed by atoms with Crippen molar-refractivity contribution in [2.24, 2.45) is 0 Å². The Balaban J connectivity index is 1.74. The van der Waals surface area contributed by atoms with Gasteiger partial charge in [0.15, 0.2) is 6.10 Å². The van der Waals surface area contributed by atoms with Gasteiger partial charge in [-0.05, 0) is 31.2 Å². The normalized spacial score (nSPS) is 11.7. The second kappa shape index (κ2) is 7.00. The second-order valence-corrected chi connectivity index (χ2v) is 5.39. The van der Waals surface area contributed by atoms with Gasteiger partial charge in [-0.25, -0.2) is 9.59 Å². The van der Waals surface area contributed by atoms with E-state index in [4.69, 9.17) is 9.15 Å². The molecule has 3 aromatic rings. The monoisotopic (exact) mass is 337 g/mol. The zero-order chi connectivity index (χ0) is 17.8. The summed E-state index contributed by atoms with van der Waals surface area (Å²) < 4.78 is 10.2. The van der Waals surface area contributed by atoms with Gasteiger partial charge in [0, 0.05) is 11.1 Å². The minimum Gasteiger partial charge on any atom is -0.449 e. The summed E-state index contributed by atoms with van der Waals surface area (Å²) in [4.78, 5) is 36.2. The minimum absolute atomic E-state index is 0.252. The first-order valence-corrected chi connectivity index (χ1v) is 7.64. The molecule has 1 N–H and O–H groups in total. The molecule has 2 aromatic carbocycles. The smallest absolute Gasteiger partial charge is 0.351 e. The highest BCUT2D eigenvalue weighted by atomic mass is 16.5. The van der Waals surface area contributed by atoms with Crippen molar-refractivity contribution in [3.63, 3.8) is 0 Å². The predicted molar refractivity (Wildman–Crippen MR) is 92.4 cm³/mol. The van der Waals surface area contributed by atoms with Gasteiger partial charge in [0.2, 0.25) is 0 Å². The summed E-state index contributed by atoms with van der Waals surface area (Å²) in [5.74, 6) is -1.40. The number of benzene rings is 2. The van der Waals surface area contributed by atoms with Crippen LogP contribution in [-0.2, 0) is 9.53 Å². The Kier molecular flexibility index (Phi) is 4.61. The van der Waals surface area contributed by atoms with E-state index in [-0.39, 0.29) is 5.56 Å². The van der Waals surface area contributed by atoms with Crippen molar-refractivity contribution < 1.29 is 18.7 Å². The van der Waals surface area contributed by atoms with Crippen LogP contribution in [-0.4, -0.2) is 18.0 Å². The Morgan fingerprint density at radius 3 is 2.48 bits per heavy atom. The average molecular weight is 337 g/mol. The summed E-state index contributed by atoms with van der Waals surface area (Å²) in [6, 6.07) is 17.0. The van der Waals surface area contributed by atoms with Gasteiger partial charge in [-0.3, -0.25) is 4.79 Å². The van der Waals surface area contributed by atoms with E-state index in [0.29, 0.717) is 16.7 Å². The lowest BCUT2D eigenvalue weighted by Gasteiger charge is -2.13. The fourth-order valence-electron chi connectivity index (χ4n) is 2.25. The highest BCUT2D eigenvalue weighted by Crippen LogP contribution is 2.14. The Hall–Kier alpha value is -3.41. The van der Waals surface area contributed by atoms with Crippen LogP contribution in [0.4, 0.5) is 5.69 Å². The van der Waals surface area contributed by atoms with Crippen molar-refractivity contribution in [2.75, 3.05) is 5.32 Å². The number of carbonyl (C=O) groups is 2. The molecule has 3 rings (SSSR count). The van der Waals surface area contributed by atoms with Gasteiger partial charge in [0.25, 0.3) is 5.91 Å². The maximum Gasteiger partial charge on any atom is 0.351 e. The number of carbonyl (C=O) groups excluding carboxylic acids is 2. The van der Waals surface area contributed by atoms with E-state index in [1.54, 1.807) is 48.5 Å². The summed E-state index contributed by atoms with van der Waals surface area (Å²) >= 11 is 0. The van der Waals surface area contributed by atoms with Gasteiger partial charge in [-0.2, -0.15) is 0 Å². The van der Waals surface area contributed by atoms with Gasteiger partial charge in [0.1, 0.15) is 11.1 Å². The van der Waals surface area contributed by atoms with E-state index in [1.165, 1.54) is 13.0 Å². The van der Waals surface area contributed by atoms with Crippen LogP contribution >= 0.6 is 0 Å². The first-order chi connectivity index (χ1) is 12.0. The van der Waals surface area contributed by atoms with Crippen molar-refractivity contribution in [2.45, 2.75) is 13.0 Å². The third-order valence-corrected chi connectivity index (χ3v) is 3.56. The largest absolute Gasteiger partial charge is 0.449 e. The van der Waals surface area contributed by atoms with E-state index in [9.17, 15) is 14.4 Å². The van der Waals surface area contributed by atoms with Gasteiger partial charge in [0.05, 0.1) is 0 Å². The molecule has 0 radical (unpaired) electrons. The molecule has 25 heavy (non-hydrogen) atoms. The quantitative estimate of drug-likeness (QED) is 0.584. The number of anilines is 1. The number of rotatable bonds is 4. The van der Waals surface area contributed by atoms with Gasteiger partial charge < -0.3 is 14.5 Å². The number of hydrogen-bond donors (Lipinski definition) is 1. The Bertz CT molecular complexity index is 978. The lowest BCUT2D eigenvalue weighted by molar-refractivity contribution is -0.123. The summed E-state index contributed by atoms with van der Waals surface area (Å²) in [6.45, 7) is 1.43. The number of nitrogens with one attached hydrogen (secondary N) is 1. The molecule has 6 nitrogen and oxygen atoms in total.